The monoisotopic (exact) mass is 328 g/mol. The normalized spacial score (nSPS) is 12.9. The van der Waals surface area contributed by atoms with E-state index in [4.69, 9.17) is 0 Å². The summed E-state index contributed by atoms with van der Waals surface area (Å²) in [6.07, 6.45) is -7.32. The second kappa shape index (κ2) is 6.55. The fraction of sp³-hybridized carbons (Fsp3) is 0.308. The molecule has 1 nitrogen and oxygen atoms in total. The standard InChI is InChI=1S/C13H10F6OS/c1-8(20)21-6-2-3-9-7-10(12(14,15)16)4-5-11(9)13(17,18)19/h2-5,7H,6H2,1H3. The van der Waals surface area contributed by atoms with Crippen molar-refractivity contribution in [3.63, 3.8) is 0 Å². The Labute approximate surface area is 121 Å². The molecule has 0 heterocycles. The van der Waals surface area contributed by atoms with Gasteiger partial charge in [-0.05, 0) is 23.8 Å². The summed E-state index contributed by atoms with van der Waals surface area (Å²) in [5, 5.41) is -0.236. The second-order valence-electron chi connectivity index (χ2n) is 4.00. The molecule has 116 valence electrons. The van der Waals surface area contributed by atoms with Crippen molar-refractivity contribution in [1.82, 2.24) is 0 Å². The zero-order valence-corrected chi connectivity index (χ0v) is 11.5. The lowest BCUT2D eigenvalue weighted by Gasteiger charge is -2.13. The van der Waals surface area contributed by atoms with Gasteiger partial charge in [-0.25, -0.2) is 0 Å². The molecule has 0 saturated carbocycles. The van der Waals surface area contributed by atoms with Gasteiger partial charge in [0.15, 0.2) is 5.12 Å². The SMILES string of the molecule is CC(=O)SCC=Cc1cc(C(F)(F)F)ccc1C(F)(F)F. The van der Waals surface area contributed by atoms with Gasteiger partial charge in [-0.2, -0.15) is 26.3 Å². The van der Waals surface area contributed by atoms with Gasteiger partial charge in [0.25, 0.3) is 0 Å². The van der Waals surface area contributed by atoms with E-state index >= 15 is 0 Å². The molecular formula is C13H10F6OS. The third-order valence-corrected chi connectivity index (χ3v) is 3.13. The molecule has 0 amide bonds. The molecule has 1 rings (SSSR count). The highest BCUT2D eigenvalue weighted by Crippen LogP contribution is 2.37. The molecule has 0 radical (unpaired) electrons. The maximum Gasteiger partial charge on any atom is 0.416 e. The van der Waals surface area contributed by atoms with Crippen molar-refractivity contribution < 1.29 is 31.1 Å². The van der Waals surface area contributed by atoms with E-state index in [0.29, 0.717) is 18.2 Å². The number of carbonyl (C=O) groups excluding carboxylic acids is 1. The lowest BCUT2D eigenvalue weighted by atomic mass is 10.0. The van der Waals surface area contributed by atoms with Crippen LogP contribution in [0, 0.1) is 0 Å². The first-order valence-electron chi connectivity index (χ1n) is 5.60. The van der Waals surface area contributed by atoms with E-state index in [-0.39, 0.29) is 10.9 Å². The summed E-state index contributed by atoms with van der Waals surface area (Å²) in [5.74, 6) is 0.0862. The van der Waals surface area contributed by atoms with Crippen LogP contribution in [-0.2, 0) is 17.1 Å². The number of hydrogen-bond donors (Lipinski definition) is 0. The van der Waals surface area contributed by atoms with Crippen molar-refractivity contribution in [1.29, 1.82) is 0 Å². The first-order valence-corrected chi connectivity index (χ1v) is 6.58. The van der Waals surface area contributed by atoms with Crippen molar-refractivity contribution in [2.45, 2.75) is 19.3 Å². The molecule has 21 heavy (non-hydrogen) atoms. The number of hydrogen-bond acceptors (Lipinski definition) is 2. The third kappa shape index (κ3) is 5.45. The Balaban J connectivity index is 3.14. The van der Waals surface area contributed by atoms with Gasteiger partial charge in [0.2, 0.25) is 0 Å². The summed E-state index contributed by atoms with van der Waals surface area (Å²) in [6, 6.07) is 1.24. The molecule has 0 spiro atoms. The van der Waals surface area contributed by atoms with Crippen LogP contribution in [-0.4, -0.2) is 10.9 Å². The Morgan fingerprint density at radius 2 is 1.76 bits per heavy atom. The van der Waals surface area contributed by atoms with Crippen LogP contribution in [0.25, 0.3) is 6.08 Å². The van der Waals surface area contributed by atoms with Gasteiger partial charge in [-0.15, -0.1) is 0 Å². The minimum atomic E-state index is -4.75. The van der Waals surface area contributed by atoms with Gasteiger partial charge in [-0.3, -0.25) is 4.79 Å². The largest absolute Gasteiger partial charge is 0.416 e. The summed E-state index contributed by atoms with van der Waals surface area (Å²) in [4.78, 5) is 10.7. The average molecular weight is 328 g/mol. The fourth-order valence-electron chi connectivity index (χ4n) is 1.48. The minimum Gasteiger partial charge on any atom is -0.288 e. The van der Waals surface area contributed by atoms with E-state index in [0.717, 1.165) is 17.8 Å². The molecule has 0 saturated heterocycles. The third-order valence-electron chi connectivity index (χ3n) is 2.36. The molecule has 0 aliphatic carbocycles. The smallest absolute Gasteiger partial charge is 0.288 e. The van der Waals surface area contributed by atoms with Crippen molar-refractivity contribution in [3.05, 3.63) is 41.0 Å². The number of alkyl halides is 6. The molecular weight excluding hydrogens is 318 g/mol. The summed E-state index contributed by atoms with van der Waals surface area (Å²) in [5.41, 5.74) is -2.89. The van der Waals surface area contributed by atoms with Crippen molar-refractivity contribution in [2.24, 2.45) is 0 Å². The molecule has 0 unspecified atom stereocenters. The molecule has 0 atom stereocenters. The lowest BCUT2D eigenvalue weighted by molar-refractivity contribution is -0.141. The Bertz CT molecular complexity index is 545. The van der Waals surface area contributed by atoms with Crippen LogP contribution in [0.3, 0.4) is 0 Å². The van der Waals surface area contributed by atoms with Crippen LogP contribution in [0.15, 0.2) is 24.3 Å². The molecule has 1 aromatic rings. The van der Waals surface area contributed by atoms with Crippen LogP contribution in [0.5, 0.6) is 0 Å². The molecule has 0 bridgehead atoms. The van der Waals surface area contributed by atoms with Crippen LogP contribution in [0.1, 0.15) is 23.6 Å². The second-order valence-corrected chi connectivity index (χ2v) is 5.20. The number of thioether (sulfide) groups is 1. The molecule has 1 aromatic carbocycles. The van der Waals surface area contributed by atoms with Crippen LogP contribution in [0.4, 0.5) is 26.3 Å². The number of benzene rings is 1. The maximum absolute atomic E-state index is 12.7. The van der Waals surface area contributed by atoms with Gasteiger partial charge in [0, 0.05) is 12.7 Å². The Morgan fingerprint density at radius 3 is 2.24 bits per heavy atom. The van der Waals surface area contributed by atoms with Gasteiger partial charge in [0.1, 0.15) is 0 Å². The molecule has 8 heteroatoms. The Hall–Kier alpha value is -1.44. The van der Waals surface area contributed by atoms with E-state index in [9.17, 15) is 31.1 Å². The first-order chi connectivity index (χ1) is 9.51. The van der Waals surface area contributed by atoms with Gasteiger partial charge in [-0.1, -0.05) is 23.9 Å². The van der Waals surface area contributed by atoms with Crippen molar-refractivity contribution in [2.75, 3.05) is 5.75 Å². The zero-order valence-electron chi connectivity index (χ0n) is 10.7. The van der Waals surface area contributed by atoms with Crippen LogP contribution >= 0.6 is 11.8 Å². The Kier molecular flexibility index (Phi) is 5.49. The highest BCUT2D eigenvalue weighted by Gasteiger charge is 2.36. The van der Waals surface area contributed by atoms with E-state index < -0.39 is 29.0 Å². The molecule has 0 N–H and O–H groups in total. The summed E-state index contributed by atoms with van der Waals surface area (Å²) in [6.45, 7) is 1.28. The van der Waals surface area contributed by atoms with Gasteiger partial charge < -0.3 is 0 Å². The highest BCUT2D eigenvalue weighted by molar-refractivity contribution is 8.13. The topological polar surface area (TPSA) is 17.1 Å². The van der Waals surface area contributed by atoms with Gasteiger partial charge >= 0.3 is 12.4 Å². The fourth-order valence-corrected chi connectivity index (χ4v) is 1.90. The highest BCUT2D eigenvalue weighted by atomic mass is 32.2. The van der Waals surface area contributed by atoms with E-state index in [1.54, 1.807) is 0 Å². The summed E-state index contributed by atoms with van der Waals surface area (Å²) in [7, 11) is 0. The van der Waals surface area contributed by atoms with Gasteiger partial charge in [0.05, 0.1) is 11.1 Å². The summed E-state index contributed by atoms with van der Waals surface area (Å²) < 4.78 is 75.8. The summed E-state index contributed by atoms with van der Waals surface area (Å²) >= 11 is 0.844. The maximum atomic E-state index is 12.7. The van der Waals surface area contributed by atoms with E-state index in [2.05, 4.69) is 0 Å². The molecule has 0 fully saturated rings. The Morgan fingerprint density at radius 1 is 1.14 bits per heavy atom. The van der Waals surface area contributed by atoms with Crippen LogP contribution < -0.4 is 0 Å². The number of carbonyl (C=O) groups is 1. The first kappa shape index (κ1) is 17.6. The van der Waals surface area contributed by atoms with E-state index in [1.807, 2.05) is 0 Å². The molecule has 0 aromatic heterocycles. The zero-order chi connectivity index (χ0) is 16.3. The van der Waals surface area contributed by atoms with Crippen LogP contribution in [0.2, 0.25) is 0 Å². The minimum absolute atomic E-state index is 0.0862. The van der Waals surface area contributed by atoms with E-state index in [1.165, 1.54) is 13.0 Å². The molecule has 0 aliphatic heterocycles. The predicted molar refractivity (Wildman–Crippen MR) is 68.6 cm³/mol. The van der Waals surface area contributed by atoms with Crippen molar-refractivity contribution >= 4 is 23.0 Å². The molecule has 0 aliphatic rings. The van der Waals surface area contributed by atoms with Crippen molar-refractivity contribution in [3.8, 4) is 0 Å². The predicted octanol–water partition coefficient (Wildman–Crippen LogP) is 5.02. The average Bonchev–Trinajstić information content (AvgIpc) is 2.31. The quantitative estimate of drug-likeness (QED) is 0.725. The number of rotatable bonds is 3. The lowest BCUT2D eigenvalue weighted by Crippen LogP contribution is -2.11. The number of halogens is 6.